The number of benzene rings is 1. The topological polar surface area (TPSA) is 63.2 Å². The molecule has 0 aliphatic rings. The van der Waals surface area contributed by atoms with Gasteiger partial charge < -0.3 is 5.32 Å². The van der Waals surface area contributed by atoms with Crippen LogP contribution in [0.2, 0.25) is 0 Å². The highest BCUT2D eigenvalue weighted by atomic mass is 79.9. The first-order chi connectivity index (χ1) is 9.04. The molecule has 0 aliphatic carbocycles. The lowest BCUT2D eigenvalue weighted by molar-refractivity contribution is 0.0930. The van der Waals surface area contributed by atoms with Crippen LogP contribution in [0.15, 0.2) is 21.5 Å². The first kappa shape index (κ1) is 17.5. The zero-order valence-corrected chi connectivity index (χ0v) is 14.9. The van der Waals surface area contributed by atoms with Crippen molar-refractivity contribution in [2.75, 3.05) is 0 Å². The quantitative estimate of drug-likeness (QED) is 0.811. The Kier molecular flexibility index (Phi) is 5.63. The van der Waals surface area contributed by atoms with Gasteiger partial charge in [-0.1, -0.05) is 29.8 Å². The number of carbonyl (C=O) groups excluding carboxylic acids is 1. The van der Waals surface area contributed by atoms with Gasteiger partial charge >= 0.3 is 0 Å². The Morgan fingerprint density at radius 1 is 1.30 bits per heavy atom. The third kappa shape index (κ3) is 4.20. The van der Waals surface area contributed by atoms with Crippen molar-refractivity contribution in [2.45, 2.75) is 38.6 Å². The predicted molar refractivity (Wildman–Crippen MR) is 83.7 cm³/mol. The number of carbonyl (C=O) groups is 1. The molecule has 1 amide bonds. The van der Waals surface area contributed by atoms with Crippen molar-refractivity contribution in [1.82, 2.24) is 5.32 Å². The monoisotopic (exact) mass is 381 g/mol. The molecular formula is C13H17BrClNO3S. The van der Waals surface area contributed by atoms with E-state index in [1.165, 1.54) is 6.07 Å². The van der Waals surface area contributed by atoms with Crippen LogP contribution < -0.4 is 5.32 Å². The van der Waals surface area contributed by atoms with Crippen molar-refractivity contribution in [2.24, 2.45) is 5.92 Å². The van der Waals surface area contributed by atoms with E-state index >= 15 is 0 Å². The van der Waals surface area contributed by atoms with Gasteiger partial charge in [-0.15, -0.1) is 0 Å². The molecule has 0 saturated heterocycles. The van der Waals surface area contributed by atoms with Crippen LogP contribution in [0, 0.1) is 12.8 Å². The molecule has 0 spiro atoms. The molecule has 0 aromatic heterocycles. The summed E-state index contributed by atoms with van der Waals surface area (Å²) in [5.74, 6) is -0.0439. The largest absolute Gasteiger partial charge is 0.349 e. The Hall–Kier alpha value is -0.590. The number of halogens is 2. The summed E-state index contributed by atoms with van der Waals surface area (Å²) >= 11 is 3.25. The van der Waals surface area contributed by atoms with Crippen molar-refractivity contribution in [3.05, 3.63) is 27.7 Å². The third-order valence-electron chi connectivity index (χ3n) is 3.18. The second kappa shape index (κ2) is 6.45. The van der Waals surface area contributed by atoms with Crippen LogP contribution in [0.4, 0.5) is 0 Å². The third-order valence-corrected chi connectivity index (χ3v) is 5.45. The van der Waals surface area contributed by atoms with Crippen LogP contribution in [-0.4, -0.2) is 20.4 Å². The Morgan fingerprint density at radius 2 is 1.85 bits per heavy atom. The highest BCUT2D eigenvalue weighted by Gasteiger charge is 2.20. The minimum Gasteiger partial charge on any atom is -0.349 e. The van der Waals surface area contributed by atoms with Gasteiger partial charge in [-0.05, 0) is 37.5 Å². The molecule has 1 atom stereocenters. The molecule has 0 heterocycles. The van der Waals surface area contributed by atoms with E-state index in [1.54, 1.807) is 13.0 Å². The molecule has 1 aromatic rings. The molecule has 0 fully saturated rings. The fourth-order valence-corrected chi connectivity index (χ4v) is 3.31. The lowest BCUT2D eigenvalue weighted by Gasteiger charge is -2.18. The van der Waals surface area contributed by atoms with Gasteiger partial charge in [0.25, 0.3) is 15.0 Å². The fraction of sp³-hybridized carbons (Fsp3) is 0.462. The standard InChI is InChI=1S/C13H17BrClNO3S/c1-7(2)9(4)16-13(17)10-5-11(14)8(3)12(6-10)20(15,18)19/h5-7,9H,1-4H3,(H,16,17). The van der Waals surface area contributed by atoms with Crippen LogP contribution in [0.3, 0.4) is 0 Å². The summed E-state index contributed by atoms with van der Waals surface area (Å²) in [7, 11) is 1.49. The molecule has 20 heavy (non-hydrogen) atoms. The molecule has 1 unspecified atom stereocenters. The molecule has 0 aliphatic heterocycles. The first-order valence-electron chi connectivity index (χ1n) is 6.09. The van der Waals surface area contributed by atoms with E-state index in [4.69, 9.17) is 10.7 Å². The van der Waals surface area contributed by atoms with Gasteiger partial charge in [-0.25, -0.2) is 8.42 Å². The number of rotatable bonds is 4. The number of hydrogen-bond donors (Lipinski definition) is 1. The SMILES string of the molecule is Cc1c(Br)cc(C(=O)NC(C)C(C)C)cc1S(=O)(=O)Cl. The second-order valence-corrected chi connectivity index (χ2v) is 8.41. The maximum atomic E-state index is 12.1. The maximum Gasteiger partial charge on any atom is 0.261 e. The van der Waals surface area contributed by atoms with Crippen molar-refractivity contribution in [1.29, 1.82) is 0 Å². The highest BCUT2D eigenvalue weighted by Crippen LogP contribution is 2.28. The zero-order chi connectivity index (χ0) is 15.7. The van der Waals surface area contributed by atoms with Crippen LogP contribution in [0.5, 0.6) is 0 Å². The molecule has 1 aromatic carbocycles. The Bertz CT molecular complexity index is 629. The normalized spacial score (nSPS) is 13.3. The summed E-state index contributed by atoms with van der Waals surface area (Å²) in [5, 5.41) is 2.82. The Labute approximate surface area is 132 Å². The smallest absolute Gasteiger partial charge is 0.261 e. The van der Waals surface area contributed by atoms with E-state index in [0.717, 1.165) is 0 Å². The minimum atomic E-state index is -3.89. The second-order valence-electron chi connectivity index (χ2n) is 5.03. The molecule has 0 radical (unpaired) electrons. The van der Waals surface area contributed by atoms with E-state index < -0.39 is 9.05 Å². The van der Waals surface area contributed by atoms with E-state index in [9.17, 15) is 13.2 Å². The van der Waals surface area contributed by atoms with Crippen LogP contribution >= 0.6 is 26.6 Å². The number of nitrogens with one attached hydrogen (secondary N) is 1. The fourth-order valence-electron chi connectivity index (χ4n) is 1.49. The van der Waals surface area contributed by atoms with E-state index in [-0.39, 0.29) is 28.3 Å². The summed E-state index contributed by atoms with van der Waals surface area (Å²) in [6.45, 7) is 7.50. The summed E-state index contributed by atoms with van der Waals surface area (Å²) in [6, 6.07) is 2.87. The molecule has 7 heteroatoms. The summed E-state index contributed by atoms with van der Waals surface area (Å²) in [6.07, 6.45) is 0. The van der Waals surface area contributed by atoms with E-state index in [1.807, 2.05) is 20.8 Å². The Balaban J connectivity index is 3.21. The maximum absolute atomic E-state index is 12.1. The van der Waals surface area contributed by atoms with E-state index in [0.29, 0.717) is 10.0 Å². The Morgan fingerprint density at radius 3 is 2.30 bits per heavy atom. The van der Waals surface area contributed by atoms with Gasteiger partial charge in [0, 0.05) is 26.8 Å². The molecule has 1 N–H and O–H groups in total. The molecule has 4 nitrogen and oxygen atoms in total. The van der Waals surface area contributed by atoms with Crippen molar-refractivity contribution in [3.8, 4) is 0 Å². The molecular weight excluding hydrogens is 366 g/mol. The van der Waals surface area contributed by atoms with Crippen LogP contribution in [0.25, 0.3) is 0 Å². The predicted octanol–water partition coefficient (Wildman–Crippen LogP) is 3.46. The summed E-state index contributed by atoms with van der Waals surface area (Å²) in [5.41, 5.74) is 0.739. The van der Waals surface area contributed by atoms with Crippen LogP contribution in [-0.2, 0) is 9.05 Å². The van der Waals surface area contributed by atoms with Crippen molar-refractivity contribution >= 4 is 41.6 Å². The van der Waals surface area contributed by atoms with E-state index in [2.05, 4.69) is 21.2 Å². The number of hydrogen-bond acceptors (Lipinski definition) is 3. The highest BCUT2D eigenvalue weighted by molar-refractivity contribution is 9.10. The van der Waals surface area contributed by atoms with Gasteiger partial charge in [0.2, 0.25) is 0 Å². The molecule has 1 rings (SSSR count). The number of amides is 1. The molecule has 112 valence electrons. The zero-order valence-electron chi connectivity index (χ0n) is 11.7. The summed E-state index contributed by atoms with van der Waals surface area (Å²) < 4.78 is 23.6. The van der Waals surface area contributed by atoms with Gasteiger partial charge in [-0.2, -0.15) is 0 Å². The van der Waals surface area contributed by atoms with Gasteiger partial charge in [-0.3, -0.25) is 4.79 Å². The minimum absolute atomic E-state index is 0.0152. The van der Waals surface area contributed by atoms with Gasteiger partial charge in [0.15, 0.2) is 0 Å². The average molecular weight is 383 g/mol. The summed E-state index contributed by atoms with van der Waals surface area (Å²) in [4.78, 5) is 12.1. The van der Waals surface area contributed by atoms with Gasteiger partial charge in [0.1, 0.15) is 0 Å². The average Bonchev–Trinajstić information content (AvgIpc) is 2.30. The first-order valence-corrected chi connectivity index (χ1v) is 9.20. The van der Waals surface area contributed by atoms with Crippen molar-refractivity contribution in [3.63, 3.8) is 0 Å². The van der Waals surface area contributed by atoms with Gasteiger partial charge in [0.05, 0.1) is 4.90 Å². The molecule has 0 bridgehead atoms. The lowest BCUT2D eigenvalue weighted by atomic mass is 10.1. The van der Waals surface area contributed by atoms with Crippen molar-refractivity contribution < 1.29 is 13.2 Å². The lowest BCUT2D eigenvalue weighted by Crippen LogP contribution is -2.36. The van der Waals surface area contributed by atoms with Crippen LogP contribution in [0.1, 0.15) is 36.7 Å². The molecule has 0 saturated carbocycles.